The minimum Gasteiger partial charge on any atom is -0.390 e. The molecule has 14 heavy (non-hydrogen) atoms. The van der Waals surface area contributed by atoms with Crippen LogP contribution in [0.5, 0.6) is 0 Å². The molecular formula is C11H12N2S. The summed E-state index contributed by atoms with van der Waals surface area (Å²) in [5.74, 6) is 0. The molecule has 1 heterocycles. The summed E-state index contributed by atoms with van der Waals surface area (Å²) in [6.07, 6.45) is 0. The number of hydrogen-bond donors (Lipinski definition) is 2. The number of thiophene rings is 1. The van der Waals surface area contributed by atoms with Crippen molar-refractivity contribution in [3.63, 3.8) is 0 Å². The molecule has 1 aromatic carbocycles. The van der Waals surface area contributed by atoms with Gasteiger partial charge in [0.1, 0.15) is 0 Å². The average Bonchev–Trinajstić information content (AvgIpc) is 2.61. The lowest BCUT2D eigenvalue weighted by Gasteiger charge is -1.93. The van der Waals surface area contributed by atoms with Gasteiger partial charge in [0.05, 0.1) is 5.00 Å². The molecule has 72 valence electrons. The lowest BCUT2D eigenvalue weighted by atomic mass is 10.1. The Labute approximate surface area is 87.2 Å². The Hall–Kier alpha value is -1.32. The first-order valence-electron chi connectivity index (χ1n) is 4.45. The fourth-order valence-corrected chi connectivity index (χ4v) is 2.31. The van der Waals surface area contributed by atoms with Crippen LogP contribution < -0.4 is 11.5 Å². The smallest absolute Gasteiger partial charge is 0.0908 e. The number of rotatable bonds is 2. The van der Waals surface area contributed by atoms with Crippen molar-refractivity contribution in [3.05, 3.63) is 42.0 Å². The zero-order valence-corrected chi connectivity index (χ0v) is 8.55. The van der Waals surface area contributed by atoms with E-state index in [2.05, 4.69) is 18.2 Å². The van der Waals surface area contributed by atoms with Crippen LogP contribution in [0.4, 0.5) is 5.00 Å². The van der Waals surface area contributed by atoms with Gasteiger partial charge >= 0.3 is 0 Å². The van der Waals surface area contributed by atoms with Crippen LogP contribution in [0, 0.1) is 0 Å². The van der Waals surface area contributed by atoms with E-state index in [0.29, 0.717) is 6.54 Å². The molecule has 0 fully saturated rings. The number of hydrogen-bond acceptors (Lipinski definition) is 3. The van der Waals surface area contributed by atoms with E-state index < -0.39 is 0 Å². The highest BCUT2D eigenvalue weighted by atomic mass is 32.1. The Morgan fingerprint density at radius 2 is 1.86 bits per heavy atom. The molecule has 2 rings (SSSR count). The molecule has 0 aliphatic heterocycles. The van der Waals surface area contributed by atoms with Gasteiger partial charge in [-0.05, 0) is 11.6 Å². The fraction of sp³-hybridized carbons (Fsp3) is 0.0909. The van der Waals surface area contributed by atoms with E-state index in [4.69, 9.17) is 11.5 Å². The lowest BCUT2D eigenvalue weighted by molar-refractivity contribution is 1.09. The first-order valence-corrected chi connectivity index (χ1v) is 5.26. The molecule has 0 saturated carbocycles. The highest BCUT2D eigenvalue weighted by Crippen LogP contribution is 2.32. The van der Waals surface area contributed by atoms with E-state index in [1.54, 1.807) is 11.3 Å². The van der Waals surface area contributed by atoms with E-state index in [-0.39, 0.29) is 0 Å². The van der Waals surface area contributed by atoms with E-state index in [0.717, 1.165) is 10.6 Å². The third kappa shape index (κ3) is 1.64. The highest BCUT2D eigenvalue weighted by molar-refractivity contribution is 7.19. The van der Waals surface area contributed by atoms with Crippen LogP contribution in [-0.2, 0) is 6.54 Å². The molecule has 2 nitrogen and oxygen atoms in total. The summed E-state index contributed by atoms with van der Waals surface area (Å²) >= 11 is 1.59. The first kappa shape index (κ1) is 9.24. The quantitative estimate of drug-likeness (QED) is 0.789. The summed E-state index contributed by atoms with van der Waals surface area (Å²) in [5, 5.41) is 0.825. The van der Waals surface area contributed by atoms with Gasteiger partial charge in [0.25, 0.3) is 0 Å². The van der Waals surface area contributed by atoms with Gasteiger partial charge in [-0.25, -0.2) is 0 Å². The maximum absolute atomic E-state index is 5.83. The number of benzene rings is 1. The van der Waals surface area contributed by atoms with Crippen LogP contribution in [0.25, 0.3) is 10.4 Å². The van der Waals surface area contributed by atoms with Crippen molar-refractivity contribution >= 4 is 16.3 Å². The van der Waals surface area contributed by atoms with Crippen molar-refractivity contribution in [2.75, 3.05) is 5.73 Å². The molecule has 4 N–H and O–H groups in total. The number of nitrogen functional groups attached to an aromatic ring is 1. The number of anilines is 1. The molecule has 0 radical (unpaired) electrons. The molecule has 3 heteroatoms. The predicted octanol–water partition coefficient (Wildman–Crippen LogP) is 2.46. The Kier molecular flexibility index (Phi) is 2.52. The first-order chi connectivity index (χ1) is 6.81. The Morgan fingerprint density at radius 1 is 1.14 bits per heavy atom. The van der Waals surface area contributed by atoms with Gasteiger partial charge in [0.2, 0.25) is 0 Å². The van der Waals surface area contributed by atoms with Crippen molar-refractivity contribution < 1.29 is 0 Å². The Bertz CT molecular complexity index is 420. The molecule has 0 spiro atoms. The van der Waals surface area contributed by atoms with Crippen molar-refractivity contribution in [2.24, 2.45) is 5.73 Å². The topological polar surface area (TPSA) is 52.0 Å². The summed E-state index contributed by atoms with van der Waals surface area (Å²) in [7, 11) is 0. The third-order valence-electron chi connectivity index (χ3n) is 2.12. The van der Waals surface area contributed by atoms with Crippen LogP contribution in [0.15, 0.2) is 36.4 Å². The summed E-state index contributed by atoms with van der Waals surface area (Å²) in [4.78, 5) is 1.18. The van der Waals surface area contributed by atoms with Gasteiger partial charge in [-0.3, -0.25) is 0 Å². The molecule has 0 bridgehead atoms. The normalized spacial score (nSPS) is 10.4. The summed E-state index contributed by atoms with van der Waals surface area (Å²) in [5.41, 5.74) is 13.6. The Balaban J connectivity index is 2.43. The molecule has 1 aromatic heterocycles. The van der Waals surface area contributed by atoms with Gasteiger partial charge < -0.3 is 11.5 Å². The zero-order chi connectivity index (χ0) is 9.97. The maximum atomic E-state index is 5.83. The predicted molar refractivity (Wildman–Crippen MR) is 62.1 cm³/mol. The van der Waals surface area contributed by atoms with Crippen molar-refractivity contribution in [1.82, 2.24) is 0 Å². The fourth-order valence-electron chi connectivity index (χ4n) is 1.35. The zero-order valence-electron chi connectivity index (χ0n) is 7.73. The van der Waals surface area contributed by atoms with Crippen molar-refractivity contribution in [1.29, 1.82) is 0 Å². The standard InChI is InChI=1S/C11H12N2S/c12-7-9-6-10(14-11(9)13)8-4-2-1-3-5-8/h1-6H,7,12-13H2. The summed E-state index contributed by atoms with van der Waals surface area (Å²) < 4.78 is 0. The van der Waals surface area contributed by atoms with Crippen LogP contribution in [0.2, 0.25) is 0 Å². The van der Waals surface area contributed by atoms with Gasteiger partial charge in [-0.1, -0.05) is 30.3 Å². The largest absolute Gasteiger partial charge is 0.390 e. The molecule has 0 saturated heterocycles. The van der Waals surface area contributed by atoms with Gasteiger partial charge in [-0.15, -0.1) is 11.3 Å². The molecule has 0 atom stereocenters. The van der Waals surface area contributed by atoms with Gasteiger partial charge in [0, 0.05) is 17.0 Å². The monoisotopic (exact) mass is 204 g/mol. The minimum absolute atomic E-state index is 0.509. The van der Waals surface area contributed by atoms with Crippen LogP contribution >= 0.6 is 11.3 Å². The Morgan fingerprint density at radius 3 is 2.43 bits per heavy atom. The molecule has 0 unspecified atom stereocenters. The summed E-state index contributed by atoms with van der Waals surface area (Å²) in [6, 6.07) is 12.3. The molecule has 0 aliphatic rings. The lowest BCUT2D eigenvalue weighted by Crippen LogP contribution is -1.96. The maximum Gasteiger partial charge on any atom is 0.0908 e. The second kappa shape index (κ2) is 3.82. The average molecular weight is 204 g/mol. The minimum atomic E-state index is 0.509. The van der Waals surface area contributed by atoms with Crippen LogP contribution in [0.1, 0.15) is 5.56 Å². The molecular weight excluding hydrogens is 192 g/mol. The van der Waals surface area contributed by atoms with E-state index in [1.165, 1.54) is 10.4 Å². The second-order valence-electron chi connectivity index (χ2n) is 3.07. The van der Waals surface area contributed by atoms with Crippen molar-refractivity contribution in [3.8, 4) is 10.4 Å². The van der Waals surface area contributed by atoms with Gasteiger partial charge in [0.15, 0.2) is 0 Å². The van der Waals surface area contributed by atoms with E-state index in [1.807, 2.05) is 18.2 Å². The summed E-state index contributed by atoms with van der Waals surface area (Å²) in [6.45, 7) is 0.509. The van der Waals surface area contributed by atoms with Crippen LogP contribution in [0.3, 0.4) is 0 Å². The van der Waals surface area contributed by atoms with E-state index >= 15 is 0 Å². The SMILES string of the molecule is NCc1cc(-c2ccccc2)sc1N. The third-order valence-corrected chi connectivity index (χ3v) is 3.18. The number of nitrogens with two attached hydrogens (primary N) is 2. The molecule has 0 amide bonds. The van der Waals surface area contributed by atoms with Gasteiger partial charge in [-0.2, -0.15) is 0 Å². The van der Waals surface area contributed by atoms with Crippen LogP contribution in [-0.4, -0.2) is 0 Å². The second-order valence-corrected chi connectivity index (χ2v) is 4.15. The van der Waals surface area contributed by atoms with Crippen molar-refractivity contribution in [2.45, 2.75) is 6.54 Å². The molecule has 2 aromatic rings. The molecule has 0 aliphatic carbocycles. The highest BCUT2D eigenvalue weighted by Gasteiger charge is 2.05. The van der Waals surface area contributed by atoms with E-state index in [9.17, 15) is 0 Å².